The summed E-state index contributed by atoms with van der Waals surface area (Å²) in [4.78, 5) is 54.4. The predicted octanol–water partition coefficient (Wildman–Crippen LogP) is 1.92. The Labute approximate surface area is 257 Å². The van der Waals surface area contributed by atoms with Crippen LogP contribution in [-0.2, 0) is 27.0 Å². The van der Waals surface area contributed by atoms with Crippen LogP contribution >= 0.6 is 23.7 Å². The molecule has 3 atom stereocenters. The third-order valence-electron chi connectivity index (χ3n) is 4.78. The minimum atomic E-state index is -5.59. The average molecular weight is 681 g/mol. The quantitative estimate of drug-likeness (QED) is 0.0242. The number of carbonyl (C=O) groups is 1. The number of aliphatic hydroxyl groups excluding tert-OH is 1. The Morgan fingerprint density at radius 2 is 1.73 bits per heavy atom. The van der Waals surface area contributed by atoms with Crippen molar-refractivity contribution in [2.24, 2.45) is 10.7 Å². The van der Waals surface area contributed by atoms with Crippen LogP contribution in [0.3, 0.4) is 0 Å². The van der Waals surface area contributed by atoms with Crippen molar-refractivity contribution < 1.29 is 56.5 Å². The molecule has 0 aromatic heterocycles. The van der Waals surface area contributed by atoms with E-state index < -0.39 is 48.6 Å². The first-order chi connectivity index (χ1) is 20.6. The van der Waals surface area contributed by atoms with Gasteiger partial charge in [0.05, 0.1) is 0 Å². The average Bonchev–Trinajstić information content (AvgIpc) is 2.90. The number of hydrogen-bond donors (Lipinski definition) is 8. The number of nitrogens with one attached hydrogen (secondary N) is 2. The molecule has 2 unspecified atom stereocenters. The summed E-state index contributed by atoms with van der Waals surface area (Å²) in [7, 11) is -16.1. The molecule has 0 radical (unpaired) electrons. The molecule has 246 valence electrons. The summed E-state index contributed by atoms with van der Waals surface area (Å²) < 4.78 is 41.7. The van der Waals surface area contributed by atoms with E-state index in [9.17, 15) is 28.8 Å². The molecular formula is C25H39N4O12P3. The van der Waals surface area contributed by atoms with E-state index >= 15 is 0 Å². The van der Waals surface area contributed by atoms with Gasteiger partial charge in [-0.05, 0) is 13.3 Å². The Balaban J connectivity index is 5.76. The number of terminal acetylenes is 2. The zero-order chi connectivity index (χ0) is 33.7. The van der Waals surface area contributed by atoms with Crippen molar-refractivity contribution >= 4 is 35.7 Å². The molecule has 0 aliphatic carbocycles. The topological polar surface area (TPSA) is 252 Å². The zero-order valence-corrected chi connectivity index (χ0v) is 27.1. The van der Waals surface area contributed by atoms with Crippen molar-refractivity contribution in [1.82, 2.24) is 10.4 Å². The third-order valence-corrected chi connectivity index (χ3v) is 9.61. The molecule has 9 N–H and O–H groups in total. The molecule has 16 nitrogen and oxygen atoms in total. The second-order valence-corrected chi connectivity index (χ2v) is 13.7. The Kier molecular flexibility index (Phi) is 20.5. The number of rotatable bonds is 19. The number of ether oxygens (including phenoxy) is 1. The second-order valence-electron chi connectivity index (χ2n) is 8.55. The molecule has 0 saturated carbocycles. The van der Waals surface area contributed by atoms with E-state index in [0.29, 0.717) is 25.7 Å². The number of hydrogen-bond acceptors (Lipinski definition) is 11. The number of phosphoric acid groups is 2. The molecule has 0 saturated heterocycles. The van der Waals surface area contributed by atoms with Crippen molar-refractivity contribution in [2.45, 2.75) is 71.0 Å². The monoisotopic (exact) mass is 680 g/mol. The van der Waals surface area contributed by atoms with Gasteiger partial charge in [0.25, 0.3) is 0 Å². The van der Waals surface area contributed by atoms with Gasteiger partial charge in [-0.15, -0.1) is 12.3 Å². The number of aliphatic imine (C=N–C) groups is 1. The molecule has 0 rings (SSSR count). The Morgan fingerprint density at radius 1 is 1.11 bits per heavy atom. The number of nitrogens with two attached hydrogens (primary N) is 1. The Bertz CT molecular complexity index is 1300. The van der Waals surface area contributed by atoms with Crippen LogP contribution in [0.1, 0.15) is 58.8 Å². The van der Waals surface area contributed by atoms with Gasteiger partial charge in [-0.3, -0.25) is 0 Å². The van der Waals surface area contributed by atoms with E-state index in [1.807, 2.05) is 0 Å². The maximum atomic E-state index is 12.5. The standard InChI is InChI=1S/C25H39N4O12P3/c1-5-8-10-12-13-14-16-22(19-27-17-7-3)24(26)29-25(31)39-23(21(4)30)20-28-42(32,38-18-15-11-9-6-2)40-44(36,37)41-43(33,34)35/h1-2,19,21,23,27-28,30,32,42H,8-13,15,18,20H2,3-4H3,(H,36,37)(H2,26,29,31)(H2,33,34,35)/b22-19-/t21-,23?/m1/s1. The van der Waals surface area contributed by atoms with Crippen LogP contribution in [0.5, 0.6) is 0 Å². The number of amides is 1. The molecule has 0 aliphatic heterocycles. The SMILES string of the molecule is C#CCCCCC#CC(=C/NC#CC)/C(N)=N\C(=O)OC(CN[PH](O)(OCCCCC#C)OP(=O)(O)OP(=O)(O)O)[C@@H](C)O. The molecule has 0 aromatic carbocycles. The summed E-state index contributed by atoms with van der Waals surface area (Å²) in [6.45, 7) is 1.87. The summed E-state index contributed by atoms with van der Waals surface area (Å²) in [5.74, 6) is 12.8. The van der Waals surface area contributed by atoms with Crippen LogP contribution in [0.2, 0.25) is 0 Å². The van der Waals surface area contributed by atoms with Crippen LogP contribution in [-0.4, -0.2) is 62.0 Å². The molecule has 0 aliphatic rings. The van der Waals surface area contributed by atoms with Crippen LogP contribution in [0.15, 0.2) is 16.8 Å². The van der Waals surface area contributed by atoms with E-state index in [-0.39, 0.29) is 24.4 Å². The van der Waals surface area contributed by atoms with E-state index in [1.54, 1.807) is 6.92 Å². The van der Waals surface area contributed by atoms with Gasteiger partial charge >= 0.3 is 226 Å². The molecular weight excluding hydrogens is 641 g/mol. The first kappa shape index (κ1) is 41.2. The Morgan fingerprint density at radius 3 is 2.30 bits per heavy atom. The van der Waals surface area contributed by atoms with E-state index in [0.717, 1.165) is 12.8 Å². The van der Waals surface area contributed by atoms with Crippen LogP contribution < -0.4 is 16.1 Å². The number of amidine groups is 1. The molecule has 1 amide bonds. The zero-order valence-electron chi connectivity index (χ0n) is 24.3. The van der Waals surface area contributed by atoms with Gasteiger partial charge in [-0.25, -0.2) is 0 Å². The summed E-state index contributed by atoms with van der Waals surface area (Å²) in [6, 6.07) is 2.56. The van der Waals surface area contributed by atoms with Crippen molar-refractivity contribution in [3.63, 3.8) is 0 Å². The summed E-state index contributed by atoms with van der Waals surface area (Å²) in [5.41, 5.74) is 6.03. The molecule has 0 aromatic rings. The second kappa shape index (κ2) is 21.9. The fraction of sp³-hybridized carbons (Fsp3) is 0.520. The van der Waals surface area contributed by atoms with E-state index in [4.69, 9.17) is 37.6 Å². The van der Waals surface area contributed by atoms with E-state index in [1.165, 1.54) is 13.1 Å². The predicted molar refractivity (Wildman–Crippen MR) is 165 cm³/mol. The number of aliphatic hydroxyl groups is 1. The van der Waals surface area contributed by atoms with Crippen LogP contribution in [0.4, 0.5) is 4.79 Å². The minimum absolute atomic E-state index is 0.102. The van der Waals surface area contributed by atoms with Gasteiger partial charge in [-0.1, -0.05) is 0 Å². The number of nitrogens with zero attached hydrogens (tertiary/aromatic N) is 1. The normalized spacial score (nSPS) is 15.1. The maximum absolute atomic E-state index is 12.5. The molecule has 19 heteroatoms. The van der Waals surface area contributed by atoms with Gasteiger partial charge in [-0.2, -0.15) is 0 Å². The van der Waals surface area contributed by atoms with Crippen molar-refractivity contribution in [1.29, 1.82) is 0 Å². The van der Waals surface area contributed by atoms with Gasteiger partial charge in [0.2, 0.25) is 0 Å². The molecule has 44 heavy (non-hydrogen) atoms. The van der Waals surface area contributed by atoms with Crippen LogP contribution in [0.25, 0.3) is 0 Å². The van der Waals surface area contributed by atoms with Crippen molar-refractivity contribution in [2.75, 3.05) is 13.2 Å². The molecule has 0 heterocycles. The third kappa shape index (κ3) is 21.0. The van der Waals surface area contributed by atoms with E-state index in [2.05, 4.69) is 59.7 Å². The van der Waals surface area contributed by atoms with Gasteiger partial charge in [0.1, 0.15) is 0 Å². The Hall–Kier alpha value is -2.75. The van der Waals surface area contributed by atoms with Gasteiger partial charge in [0.15, 0.2) is 0 Å². The van der Waals surface area contributed by atoms with Crippen molar-refractivity contribution in [3.8, 4) is 48.5 Å². The van der Waals surface area contributed by atoms with Crippen LogP contribution in [0, 0.1) is 48.5 Å². The number of carbonyl (C=O) groups excluding carboxylic acids is 1. The summed E-state index contributed by atoms with van der Waals surface area (Å²) >= 11 is 0. The van der Waals surface area contributed by atoms with Gasteiger partial charge < -0.3 is 0 Å². The first-order valence-electron chi connectivity index (χ1n) is 13.0. The van der Waals surface area contributed by atoms with Crippen molar-refractivity contribution in [3.05, 3.63) is 11.8 Å². The molecule has 0 bridgehead atoms. The molecule has 0 fully saturated rings. The first-order valence-corrected chi connectivity index (χ1v) is 17.7. The number of unbranched alkanes of at least 4 members (excludes halogenated alkanes) is 5. The fourth-order valence-corrected chi connectivity index (χ4v) is 6.97. The summed E-state index contributed by atoms with van der Waals surface area (Å²) in [5, 5.41) is 15.0. The summed E-state index contributed by atoms with van der Waals surface area (Å²) in [6.07, 6.45) is 11.2. The van der Waals surface area contributed by atoms with Gasteiger partial charge in [0, 0.05) is 6.42 Å². The molecule has 0 spiro atoms. The fourth-order valence-electron chi connectivity index (χ4n) is 2.76.